The van der Waals surface area contributed by atoms with Gasteiger partial charge in [0.1, 0.15) is 5.82 Å². The van der Waals surface area contributed by atoms with Crippen LogP contribution in [0, 0.1) is 0 Å². The molecule has 3 amide bonds. The summed E-state index contributed by atoms with van der Waals surface area (Å²) >= 11 is 0. The van der Waals surface area contributed by atoms with Crippen LogP contribution in [0.5, 0.6) is 0 Å². The Kier molecular flexibility index (Phi) is 10.4. The summed E-state index contributed by atoms with van der Waals surface area (Å²) in [5.41, 5.74) is 3.25. The summed E-state index contributed by atoms with van der Waals surface area (Å²) in [7, 11) is -1.94. The lowest BCUT2D eigenvalue weighted by Gasteiger charge is -2.17. The molecule has 0 saturated heterocycles. The Hall–Kier alpha value is -5.01. The Labute approximate surface area is 244 Å². The lowest BCUT2D eigenvalue weighted by atomic mass is 10.1. The van der Waals surface area contributed by atoms with Crippen molar-refractivity contribution in [3.8, 4) is 11.1 Å². The number of aromatic nitrogens is 2. The van der Waals surface area contributed by atoms with Gasteiger partial charge >= 0.3 is 12.1 Å². The van der Waals surface area contributed by atoms with Gasteiger partial charge in [-0.05, 0) is 49.7 Å². The van der Waals surface area contributed by atoms with E-state index in [4.69, 9.17) is 4.74 Å². The predicted octanol–water partition coefficient (Wildman–Crippen LogP) is 5.99. The monoisotopic (exact) mass is 588 g/mol. The van der Waals surface area contributed by atoms with Crippen LogP contribution in [0.4, 0.5) is 38.4 Å². The van der Waals surface area contributed by atoms with Crippen LogP contribution in [0.1, 0.15) is 13.8 Å². The van der Waals surface area contributed by atoms with E-state index in [1.54, 1.807) is 61.7 Å². The van der Waals surface area contributed by atoms with Crippen LogP contribution in [-0.2, 0) is 19.5 Å². The van der Waals surface area contributed by atoms with Crippen LogP contribution < -0.4 is 21.3 Å². The molecule has 1 aromatic heterocycles. The van der Waals surface area contributed by atoms with Gasteiger partial charge in [-0.25, -0.2) is 14.6 Å². The molecular formula is C29H30N7O5S-. The maximum atomic E-state index is 12.4. The Morgan fingerprint density at radius 3 is 2.36 bits per heavy atom. The number of carbonyl (C=O) groups is 2. The molecule has 1 unspecified atom stereocenters. The van der Waals surface area contributed by atoms with Gasteiger partial charge in [0.05, 0.1) is 13.2 Å². The van der Waals surface area contributed by atoms with Crippen LogP contribution in [0.15, 0.2) is 94.3 Å². The van der Waals surface area contributed by atoms with Gasteiger partial charge in [-0.3, -0.25) is 4.36 Å². The predicted molar refractivity (Wildman–Crippen MR) is 162 cm³/mol. The van der Waals surface area contributed by atoms with E-state index in [1.807, 2.05) is 37.3 Å². The summed E-state index contributed by atoms with van der Waals surface area (Å²) < 4.78 is 20.7. The number of rotatable bonds is 10. The van der Waals surface area contributed by atoms with Crippen molar-refractivity contribution >= 4 is 51.5 Å². The Balaban J connectivity index is 1.52. The average molecular weight is 589 g/mol. The molecule has 0 bridgehead atoms. The second-order valence-electron chi connectivity index (χ2n) is 8.90. The van der Waals surface area contributed by atoms with Crippen LogP contribution in [0.3, 0.4) is 0 Å². The lowest BCUT2D eigenvalue weighted by Crippen LogP contribution is -2.21. The summed E-state index contributed by atoms with van der Waals surface area (Å²) in [4.78, 5) is 33.2. The van der Waals surface area contributed by atoms with E-state index in [2.05, 4.69) is 35.6 Å². The SMILES string of the molecule is CCOC(=O)N=[S-](=O)c1cccc(Nc2ncc(-c3ccc(NC(=O)Nc4ccccc4)cc3)c(NC(C)CO)n2)c1. The summed E-state index contributed by atoms with van der Waals surface area (Å²) in [5.74, 6) is 0.709. The van der Waals surface area contributed by atoms with Gasteiger partial charge in [-0.15, -0.1) is 10.6 Å². The first-order chi connectivity index (χ1) is 20.3. The van der Waals surface area contributed by atoms with E-state index in [9.17, 15) is 18.9 Å². The zero-order chi connectivity index (χ0) is 29.9. The number of nitrogens with zero attached hydrogens (tertiary/aromatic N) is 3. The van der Waals surface area contributed by atoms with Gasteiger partial charge in [-0.2, -0.15) is 4.98 Å². The number of amides is 3. The first-order valence-corrected chi connectivity index (χ1v) is 14.1. The highest BCUT2D eigenvalue weighted by atomic mass is 32.2. The number of ether oxygens (including phenoxy) is 1. The molecule has 0 fully saturated rings. The maximum absolute atomic E-state index is 12.4. The summed E-state index contributed by atoms with van der Waals surface area (Å²) in [5, 5.41) is 21.4. The molecular weight excluding hydrogens is 558 g/mol. The number of para-hydroxylation sites is 1. The minimum atomic E-state index is -1.94. The van der Waals surface area contributed by atoms with E-state index < -0.39 is 16.7 Å². The van der Waals surface area contributed by atoms with Crippen molar-refractivity contribution in [1.82, 2.24) is 9.97 Å². The van der Waals surface area contributed by atoms with E-state index in [0.717, 1.165) is 5.56 Å². The summed E-state index contributed by atoms with van der Waals surface area (Å²) in [6, 6.07) is 22.2. The first-order valence-electron chi connectivity index (χ1n) is 13.0. The number of hydrogen-bond donors (Lipinski definition) is 5. The van der Waals surface area contributed by atoms with Gasteiger partial charge in [0.25, 0.3) is 0 Å². The molecule has 0 radical (unpaired) electrons. The largest absolute Gasteiger partial charge is 0.450 e. The van der Waals surface area contributed by atoms with Crippen LogP contribution in [-0.4, -0.2) is 46.5 Å². The molecule has 0 aliphatic heterocycles. The van der Waals surface area contributed by atoms with Gasteiger partial charge in [-0.1, -0.05) is 53.4 Å². The zero-order valence-corrected chi connectivity index (χ0v) is 23.7. The number of aliphatic hydroxyl groups is 1. The molecule has 5 N–H and O–H groups in total. The number of aliphatic hydroxyl groups excluding tert-OH is 1. The van der Waals surface area contributed by atoms with Crippen molar-refractivity contribution in [1.29, 1.82) is 0 Å². The lowest BCUT2D eigenvalue weighted by molar-refractivity contribution is 0.164. The Bertz CT molecular complexity index is 1610. The minimum Gasteiger partial charge on any atom is -0.450 e. The third-order valence-corrected chi connectivity index (χ3v) is 6.62. The van der Waals surface area contributed by atoms with Gasteiger partial charge in [0.2, 0.25) is 5.95 Å². The van der Waals surface area contributed by atoms with E-state index >= 15 is 0 Å². The highest BCUT2D eigenvalue weighted by Gasteiger charge is 2.13. The molecule has 0 aliphatic rings. The second-order valence-corrected chi connectivity index (χ2v) is 10.1. The van der Waals surface area contributed by atoms with Crippen molar-refractivity contribution in [3.63, 3.8) is 0 Å². The smallest absolute Gasteiger partial charge is 0.410 e. The second kappa shape index (κ2) is 14.6. The normalized spacial score (nSPS) is 12.2. The number of benzene rings is 3. The van der Waals surface area contributed by atoms with Crippen molar-refractivity contribution in [3.05, 3.63) is 85.1 Å². The molecule has 4 rings (SSSR count). The molecule has 3 aromatic carbocycles. The van der Waals surface area contributed by atoms with Crippen molar-refractivity contribution in [2.45, 2.75) is 24.8 Å². The molecule has 4 aromatic rings. The highest BCUT2D eigenvalue weighted by molar-refractivity contribution is 7.75. The van der Waals surface area contributed by atoms with Crippen LogP contribution >= 0.6 is 0 Å². The molecule has 0 spiro atoms. The number of carbonyl (C=O) groups excluding carboxylic acids is 2. The fraction of sp³-hybridized carbons (Fsp3) is 0.172. The Morgan fingerprint density at radius 2 is 1.67 bits per heavy atom. The molecule has 218 valence electrons. The fourth-order valence-corrected chi connectivity index (χ4v) is 4.39. The molecule has 13 heteroatoms. The number of urea groups is 1. The standard InChI is InChI=1S/C29H30N7O5S/c1-3-41-29(39)36-42(40)24-11-7-10-23(16-24)32-27-30-17-25(26(35-27)31-19(2)18-37)20-12-14-22(15-13-20)34-28(38)33-21-8-5-4-6-9-21/h4-17,19,37H,3,18H2,1-2H3,(H2,33,34,38)(H2,30,31,32,35)/q-1. The fourth-order valence-electron chi connectivity index (χ4n) is 3.67. The van der Waals surface area contributed by atoms with Crippen molar-refractivity contribution < 1.29 is 23.6 Å². The van der Waals surface area contributed by atoms with Crippen molar-refractivity contribution in [2.24, 2.45) is 4.36 Å². The molecule has 1 atom stereocenters. The number of nitrogens with one attached hydrogen (secondary N) is 4. The van der Waals surface area contributed by atoms with E-state index in [0.29, 0.717) is 33.3 Å². The average Bonchev–Trinajstić information content (AvgIpc) is 2.98. The number of hydrogen-bond acceptors (Lipinski definition) is 10. The van der Waals surface area contributed by atoms with Crippen LogP contribution in [0.25, 0.3) is 11.1 Å². The molecule has 0 aliphatic carbocycles. The maximum Gasteiger partial charge on any atom is 0.410 e. The van der Waals surface area contributed by atoms with Gasteiger partial charge in [0.15, 0.2) is 0 Å². The third-order valence-electron chi connectivity index (χ3n) is 5.65. The Morgan fingerprint density at radius 1 is 0.976 bits per heavy atom. The van der Waals surface area contributed by atoms with Crippen LogP contribution in [0.2, 0.25) is 0 Å². The summed E-state index contributed by atoms with van der Waals surface area (Å²) in [6.07, 6.45) is 0.728. The highest BCUT2D eigenvalue weighted by Crippen LogP contribution is 2.29. The molecule has 12 nitrogen and oxygen atoms in total. The van der Waals surface area contributed by atoms with Gasteiger partial charge < -0.3 is 35.3 Å². The first kappa shape index (κ1) is 30.0. The zero-order valence-electron chi connectivity index (χ0n) is 22.9. The van der Waals surface area contributed by atoms with E-state index in [1.165, 1.54) is 0 Å². The molecule has 42 heavy (non-hydrogen) atoms. The van der Waals surface area contributed by atoms with Crippen molar-refractivity contribution in [2.75, 3.05) is 34.5 Å². The van der Waals surface area contributed by atoms with E-state index in [-0.39, 0.29) is 31.2 Å². The molecule has 1 heterocycles. The quantitative estimate of drug-likeness (QED) is 0.140. The third kappa shape index (κ3) is 8.49. The van der Waals surface area contributed by atoms with Gasteiger partial charge in [0, 0.05) is 34.9 Å². The topological polar surface area (TPSA) is 167 Å². The number of anilines is 5. The minimum absolute atomic E-state index is 0.122. The summed E-state index contributed by atoms with van der Waals surface area (Å²) in [6.45, 7) is 3.45. The molecule has 0 saturated carbocycles.